The van der Waals surface area contributed by atoms with E-state index in [9.17, 15) is 0 Å². The summed E-state index contributed by atoms with van der Waals surface area (Å²) >= 11 is 1.67. The number of nitrogens with zero attached hydrogens (tertiary/aromatic N) is 2. The molecule has 4 heteroatoms. The number of hydrogen-bond acceptors (Lipinski definition) is 3. The van der Waals surface area contributed by atoms with Crippen LogP contribution in [0.4, 0.5) is 0 Å². The van der Waals surface area contributed by atoms with Gasteiger partial charge in [0.2, 0.25) is 0 Å². The van der Waals surface area contributed by atoms with Crippen molar-refractivity contribution in [2.24, 2.45) is 7.05 Å². The highest BCUT2D eigenvalue weighted by Gasteiger charge is 2.02. The second-order valence-electron chi connectivity index (χ2n) is 2.33. The van der Waals surface area contributed by atoms with Crippen molar-refractivity contribution in [3.8, 4) is 0 Å². The minimum absolute atomic E-state index is 0.879. The van der Waals surface area contributed by atoms with Crippen LogP contribution in [0.25, 0.3) is 0 Å². The molecule has 0 atom stereocenters. The van der Waals surface area contributed by atoms with Gasteiger partial charge in [-0.2, -0.15) is 0 Å². The van der Waals surface area contributed by atoms with E-state index in [1.165, 1.54) is 5.69 Å². The van der Waals surface area contributed by atoms with Crippen LogP contribution in [0, 0.1) is 0 Å². The lowest BCUT2D eigenvalue weighted by Gasteiger charge is -2.02. The van der Waals surface area contributed by atoms with Gasteiger partial charge in [-0.05, 0) is 13.3 Å². The molecule has 3 nitrogen and oxygen atoms in total. The van der Waals surface area contributed by atoms with Crippen LogP contribution in [-0.2, 0) is 13.6 Å². The zero-order chi connectivity index (χ0) is 8.27. The Morgan fingerprint density at radius 3 is 2.91 bits per heavy atom. The van der Waals surface area contributed by atoms with Gasteiger partial charge >= 0.3 is 0 Å². The van der Waals surface area contributed by atoms with Crippen LogP contribution < -0.4 is 5.32 Å². The van der Waals surface area contributed by atoms with Crippen molar-refractivity contribution in [1.82, 2.24) is 14.9 Å². The van der Waals surface area contributed by atoms with Crippen molar-refractivity contribution >= 4 is 11.8 Å². The Kier molecular flexibility index (Phi) is 2.96. The molecule has 0 aliphatic rings. The summed E-state index contributed by atoms with van der Waals surface area (Å²) in [5.41, 5.74) is 1.22. The van der Waals surface area contributed by atoms with Crippen LogP contribution in [0.1, 0.15) is 5.69 Å². The van der Waals surface area contributed by atoms with Crippen molar-refractivity contribution < 1.29 is 0 Å². The molecular formula is C7H13N3S. The van der Waals surface area contributed by atoms with Gasteiger partial charge in [0, 0.05) is 13.6 Å². The quantitative estimate of drug-likeness (QED) is 0.684. The molecule has 0 aromatic carbocycles. The molecule has 0 saturated carbocycles. The summed E-state index contributed by atoms with van der Waals surface area (Å²) in [5, 5.41) is 4.16. The van der Waals surface area contributed by atoms with Crippen molar-refractivity contribution in [3.63, 3.8) is 0 Å². The molecule has 1 rings (SSSR count). The van der Waals surface area contributed by atoms with Crippen LogP contribution in [0.3, 0.4) is 0 Å². The van der Waals surface area contributed by atoms with E-state index in [0.717, 1.165) is 11.7 Å². The van der Waals surface area contributed by atoms with Crippen molar-refractivity contribution in [1.29, 1.82) is 0 Å². The Morgan fingerprint density at radius 1 is 1.73 bits per heavy atom. The van der Waals surface area contributed by atoms with Gasteiger partial charge in [0.25, 0.3) is 0 Å². The average Bonchev–Trinajstić information content (AvgIpc) is 2.34. The van der Waals surface area contributed by atoms with Crippen molar-refractivity contribution in [3.05, 3.63) is 11.9 Å². The summed E-state index contributed by atoms with van der Waals surface area (Å²) < 4.78 is 2.10. The second kappa shape index (κ2) is 3.78. The molecule has 0 radical (unpaired) electrons. The van der Waals surface area contributed by atoms with E-state index in [2.05, 4.69) is 14.9 Å². The van der Waals surface area contributed by atoms with Crippen molar-refractivity contribution in [2.45, 2.75) is 11.7 Å². The third-order valence-corrected chi connectivity index (χ3v) is 2.33. The lowest BCUT2D eigenvalue weighted by Crippen LogP contribution is -2.09. The fraction of sp³-hybridized carbons (Fsp3) is 0.571. The minimum Gasteiger partial charge on any atom is -0.325 e. The minimum atomic E-state index is 0.879. The van der Waals surface area contributed by atoms with E-state index in [1.807, 2.05) is 26.5 Å². The second-order valence-corrected chi connectivity index (χ2v) is 3.10. The van der Waals surface area contributed by atoms with Crippen LogP contribution in [0.5, 0.6) is 0 Å². The number of nitrogens with one attached hydrogen (secondary N) is 1. The van der Waals surface area contributed by atoms with Gasteiger partial charge in [0.05, 0.1) is 11.9 Å². The summed E-state index contributed by atoms with van der Waals surface area (Å²) in [4.78, 5) is 4.24. The Bertz CT molecular complexity index is 232. The molecule has 62 valence electrons. The third-order valence-electron chi connectivity index (χ3n) is 1.58. The fourth-order valence-electron chi connectivity index (χ4n) is 0.961. The molecule has 11 heavy (non-hydrogen) atoms. The maximum Gasteiger partial charge on any atom is 0.167 e. The van der Waals surface area contributed by atoms with E-state index in [4.69, 9.17) is 0 Å². The van der Waals surface area contributed by atoms with Gasteiger partial charge in [-0.1, -0.05) is 11.8 Å². The van der Waals surface area contributed by atoms with Gasteiger partial charge < -0.3 is 9.88 Å². The zero-order valence-corrected chi connectivity index (χ0v) is 7.90. The molecule has 1 N–H and O–H groups in total. The van der Waals surface area contributed by atoms with Gasteiger partial charge in [0.15, 0.2) is 5.16 Å². The van der Waals surface area contributed by atoms with E-state index < -0.39 is 0 Å². The average molecular weight is 171 g/mol. The van der Waals surface area contributed by atoms with Crippen LogP contribution >= 0.6 is 11.8 Å². The molecule has 0 fully saturated rings. The Balaban J connectivity index is 2.82. The van der Waals surface area contributed by atoms with Crippen molar-refractivity contribution in [2.75, 3.05) is 13.3 Å². The van der Waals surface area contributed by atoms with E-state index >= 15 is 0 Å². The first-order chi connectivity index (χ1) is 5.29. The lowest BCUT2D eigenvalue weighted by atomic mass is 10.5. The summed E-state index contributed by atoms with van der Waals surface area (Å²) in [7, 11) is 3.97. The largest absolute Gasteiger partial charge is 0.325 e. The van der Waals surface area contributed by atoms with E-state index in [0.29, 0.717) is 0 Å². The molecule has 0 bridgehead atoms. The first-order valence-corrected chi connectivity index (χ1v) is 4.71. The number of hydrogen-bond donors (Lipinski definition) is 1. The van der Waals surface area contributed by atoms with Crippen LogP contribution in [-0.4, -0.2) is 22.9 Å². The Labute approximate surface area is 71.2 Å². The normalized spacial score (nSPS) is 10.5. The maximum absolute atomic E-state index is 4.24. The van der Waals surface area contributed by atoms with E-state index in [1.54, 1.807) is 11.8 Å². The molecule has 0 saturated heterocycles. The predicted octanol–water partition coefficient (Wildman–Crippen LogP) is 0.861. The number of rotatable bonds is 3. The first-order valence-electron chi connectivity index (χ1n) is 3.48. The van der Waals surface area contributed by atoms with E-state index in [-0.39, 0.29) is 0 Å². The van der Waals surface area contributed by atoms with Gasteiger partial charge in [-0.15, -0.1) is 0 Å². The molecule has 0 unspecified atom stereocenters. The molecule has 0 aliphatic heterocycles. The maximum atomic E-state index is 4.24. The Hall–Kier alpha value is -0.480. The molecule has 0 spiro atoms. The molecule has 0 amide bonds. The predicted molar refractivity (Wildman–Crippen MR) is 47.8 cm³/mol. The summed E-state index contributed by atoms with van der Waals surface area (Å²) in [6, 6.07) is 0. The number of aromatic nitrogens is 2. The first kappa shape index (κ1) is 8.62. The van der Waals surface area contributed by atoms with Gasteiger partial charge in [-0.25, -0.2) is 4.98 Å². The highest BCUT2D eigenvalue weighted by Crippen LogP contribution is 2.12. The number of imidazole rings is 1. The highest BCUT2D eigenvalue weighted by molar-refractivity contribution is 7.98. The SMILES string of the molecule is CNCc1cnc(SC)n1C. The molecular weight excluding hydrogens is 158 g/mol. The third kappa shape index (κ3) is 1.75. The fourth-order valence-corrected chi connectivity index (χ4v) is 1.51. The monoisotopic (exact) mass is 171 g/mol. The van der Waals surface area contributed by atoms with Gasteiger partial charge in [0.1, 0.15) is 0 Å². The van der Waals surface area contributed by atoms with Gasteiger partial charge in [-0.3, -0.25) is 0 Å². The standard InChI is InChI=1S/C7H13N3S/c1-8-4-6-5-9-7(11-3)10(6)2/h5,8H,4H2,1-3H3. The topological polar surface area (TPSA) is 29.9 Å². The summed E-state index contributed by atoms with van der Waals surface area (Å²) in [6.07, 6.45) is 3.94. The zero-order valence-electron chi connectivity index (χ0n) is 7.09. The Morgan fingerprint density at radius 2 is 2.45 bits per heavy atom. The molecule has 1 aromatic heterocycles. The smallest absolute Gasteiger partial charge is 0.167 e. The number of thioether (sulfide) groups is 1. The summed E-state index contributed by atoms with van der Waals surface area (Å²) in [5.74, 6) is 0. The van der Waals surface area contributed by atoms with Crippen LogP contribution in [0.2, 0.25) is 0 Å². The highest BCUT2D eigenvalue weighted by atomic mass is 32.2. The molecule has 0 aliphatic carbocycles. The summed E-state index contributed by atoms with van der Waals surface area (Å²) in [6.45, 7) is 0.879. The molecule has 1 heterocycles. The lowest BCUT2D eigenvalue weighted by molar-refractivity contribution is 0.693. The molecule has 1 aromatic rings. The van der Waals surface area contributed by atoms with Crippen LogP contribution in [0.15, 0.2) is 11.4 Å².